The van der Waals surface area contributed by atoms with Crippen LogP contribution in [0.4, 0.5) is 16.2 Å². The van der Waals surface area contributed by atoms with Crippen molar-refractivity contribution in [3.8, 4) is 17.0 Å². The van der Waals surface area contributed by atoms with Crippen molar-refractivity contribution in [3.05, 3.63) is 60.6 Å². The maximum Gasteiger partial charge on any atom is 0.323 e. The lowest BCUT2D eigenvalue weighted by molar-refractivity contribution is 0.262. The summed E-state index contributed by atoms with van der Waals surface area (Å²) in [4.78, 5) is 17.4. The van der Waals surface area contributed by atoms with Crippen LogP contribution >= 0.6 is 0 Å². The Bertz CT molecular complexity index is 957. The van der Waals surface area contributed by atoms with Gasteiger partial charge in [-0.25, -0.2) is 9.78 Å². The van der Waals surface area contributed by atoms with Crippen LogP contribution in [0, 0.1) is 0 Å². The monoisotopic (exact) mass is 376 g/mol. The summed E-state index contributed by atoms with van der Waals surface area (Å²) in [6, 6.07) is 14.8. The fourth-order valence-electron chi connectivity index (χ4n) is 3.49. The molecule has 1 aliphatic heterocycles. The molecule has 0 bridgehead atoms. The number of aromatic nitrogens is 2. The Morgan fingerprint density at radius 3 is 2.64 bits per heavy atom. The van der Waals surface area contributed by atoms with E-state index in [0.717, 1.165) is 35.7 Å². The largest absolute Gasteiger partial charge is 0.492 e. The number of ether oxygens (including phenoxy) is 1. The molecule has 6 heteroatoms. The highest BCUT2D eigenvalue weighted by molar-refractivity contribution is 6.02. The predicted molar refractivity (Wildman–Crippen MR) is 111 cm³/mol. The summed E-state index contributed by atoms with van der Waals surface area (Å²) in [6.45, 7) is 3.46. The summed E-state index contributed by atoms with van der Waals surface area (Å²) in [5, 5.41) is 5.82. The summed E-state index contributed by atoms with van der Waals surface area (Å²) >= 11 is 0. The summed E-state index contributed by atoms with van der Waals surface area (Å²) in [6.07, 6.45) is 5.45. The molecule has 1 aliphatic rings. The van der Waals surface area contributed by atoms with Crippen molar-refractivity contribution in [2.75, 3.05) is 17.2 Å². The normalized spacial score (nSPS) is 12.9. The van der Waals surface area contributed by atoms with Crippen molar-refractivity contribution in [2.45, 2.75) is 32.7 Å². The zero-order valence-corrected chi connectivity index (χ0v) is 15.9. The van der Waals surface area contributed by atoms with E-state index in [2.05, 4.69) is 21.4 Å². The van der Waals surface area contributed by atoms with E-state index in [4.69, 9.17) is 9.72 Å². The molecule has 6 nitrogen and oxygen atoms in total. The Morgan fingerprint density at radius 1 is 1.07 bits per heavy atom. The van der Waals surface area contributed by atoms with Crippen molar-refractivity contribution in [3.63, 3.8) is 0 Å². The quantitative estimate of drug-likeness (QED) is 0.663. The Kier molecular flexibility index (Phi) is 5.28. The second-order valence-electron chi connectivity index (χ2n) is 6.75. The minimum Gasteiger partial charge on any atom is -0.492 e. The maximum absolute atomic E-state index is 12.6. The van der Waals surface area contributed by atoms with E-state index in [9.17, 15) is 4.79 Å². The van der Waals surface area contributed by atoms with Gasteiger partial charge in [-0.2, -0.15) is 0 Å². The number of amides is 2. The van der Waals surface area contributed by atoms with Gasteiger partial charge in [0.2, 0.25) is 0 Å². The molecule has 2 heterocycles. The number of aryl methyl sites for hydroxylation is 2. The maximum atomic E-state index is 12.6. The molecule has 2 N–H and O–H groups in total. The van der Waals surface area contributed by atoms with Crippen LogP contribution in [0.2, 0.25) is 0 Å². The standard InChI is InChI=1S/C22H24N4O2/c1-2-28-20-12-6-5-11-18(20)25-22(27)24-17-10-4-3-9-16(17)19-15-26-14-8-7-13-21(26)23-19/h3-6,9-12,15H,2,7-8,13-14H2,1H3,(H2,24,25,27). The van der Waals surface area contributed by atoms with Crippen LogP contribution in [0.25, 0.3) is 11.3 Å². The third-order valence-corrected chi connectivity index (χ3v) is 4.79. The second kappa shape index (κ2) is 8.17. The lowest BCUT2D eigenvalue weighted by Gasteiger charge is -2.13. The molecule has 0 radical (unpaired) electrons. The summed E-state index contributed by atoms with van der Waals surface area (Å²) in [5.41, 5.74) is 3.17. The topological polar surface area (TPSA) is 68.2 Å². The van der Waals surface area contributed by atoms with Gasteiger partial charge in [0, 0.05) is 24.7 Å². The molecular weight excluding hydrogens is 352 g/mol. The van der Waals surface area contributed by atoms with E-state index in [1.54, 1.807) is 0 Å². The second-order valence-corrected chi connectivity index (χ2v) is 6.75. The van der Waals surface area contributed by atoms with Gasteiger partial charge in [0.1, 0.15) is 11.6 Å². The number of para-hydroxylation sites is 3. The number of benzene rings is 2. The number of hydrogen-bond donors (Lipinski definition) is 2. The van der Waals surface area contributed by atoms with Crippen LogP contribution < -0.4 is 15.4 Å². The van der Waals surface area contributed by atoms with Crippen molar-refractivity contribution in [2.24, 2.45) is 0 Å². The zero-order chi connectivity index (χ0) is 19.3. The first-order chi connectivity index (χ1) is 13.7. The molecule has 3 aromatic rings. The van der Waals surface area contributed by atoms with E-state index in [1.165, 1.54) is 12.8 Å². The molecule has 2 aromatic carbocycles. The first-order valence-electron chi connectivity index (χ1n) is 9.70. The average Bonchev–Trinajstić information content (AvgIpc) is 3.14. The van der Waals surface area contributed by atoms with Crippen LogP contribution in [0.15, 0.2) is 54.7 Å². The molecule has 4 rings (SSSR count). The number of urea groups is 1. The number of anilines is 2. The number of nitrogens with zero attached hydrogens (tertiary/aromatic N) is 2. The highest BCUT2D eigenvalue weighted by Gasteiger charge is 2.16. The molecular formula is C22H24N4O2. The van der Waals surface area contributed by atoms with E-state index in [1.807, 2.05) is 55.5 Å². The number of imidazole rings is 1. The van der Waals surface area contributed by atoms with Gasteiger partial charge in [-0.05, 0) is 38.0 Å². The van der Waals surface area contributed by atoms with Crippen molar-refractivity contribution >= 4 is 17.4 Å². The molecule has 144 valence electrons. The molecule has 0 fully saturated rings. The van der Waals surface area contributed by atoms with Gasteiger partial charge in [-0.15, -0.1) is 0 Å². The van der Waals surface area contributed by atoms with E-state index < -0.39 is 0 Å². The van der Waals surface area contributed by atoms with Gasteiger partial charge in [0.05, 0.1) is 23.7 Å². The highest BCUT2D eigenvalue weighted by atomic mass is 16.5. The summed E-state index contributed by atoms with van der Waals surface area (Å²) in [5.74, 6) is 1.77. The Balaban J connectivity index is 1.54. The molecule has 2 amide bonds. The number of nitrogens with one attached hydrogen (secondary N) is 2. The highest BCUT2D eigenvalue weighted by Crippen LogP contribution is 2.29. The molecule has 0 spiro atoms. The molecule has 28 heavy (non-hydrogen) atoms. The number of carbonyl (C=O) groups is 1. The minimum atomic E-state index is -0.316. The molecule has 0 saturated carbocycles. The zero-order valence-electron chi connectivity index (χ0n) is 15.9. The van der Waals surface area contributed by atoms with Gasteiger partial charge >= 0.3 is 6.03 Å². The first-order valence-corrected chi connectivity index (χ1v) is 9.70. The fourth-order valence-corrected chi connectivity index (χ4v) is 3.49. The third kappa shape index (κ3) is 3.86. The number of rotatable bonds is 5. The lowest BCUT2D eigenvalue weighted by atomic mass is 10.1. The molecule has 0 aliphatic carbocycles. The van der Waals surface area contributed by atoms with Gasteiger partial charge in [0.15, 0.2) is 0 Å². The van der Waals surface area contributed by atoms with Crippen molar-refractivity contribution in [1.29, 1.82) is 0 Å². The minimum absolute atomic E-state index is 0.316. The van der Waals surface area contributed by atoms with Crippen LogP contribution in [0.3, 0.4) is 0 Å². The van der Waals surface area contributed by atoms with Crippen LogP contribution in [0.1, 0.15) is 25.6 Å². The summed E-state index contributed by atoms with van der Waals surface area (Å²) < 4.78 is 7.79. The van der Waals surface area contributed by atoms with Crippen LogP contribution in [0.5, 0.6) is 5.75 Å². The molecule has 0 saturated heterocycles. The van der Waals surface area contributed by atoms with E-state index in [0.29, 0.717) is 18.0 Å². The van der Waals surface area contributed by atoms with Gasteiger partial charge in [-0.3, -0.25) is 0 Å². The Hall–Kier alpha value is -3.28. The van der Waals surface area contributed by atoms with Gasteiger partial charge in [-0.1, -0.05) is 30.3 Å². The molecule has 0 unspecified atom stereocenters. The summed E-state index contributed by atoms with van der Waals surface area (Å²) in [7, 11) is 0. The number of carbonyl (C=O) groups excluding carboxylic acids is 1. The van der Waals surface area contributed by atoms with Gasteiger partial charge < -0.3 is 19.9 Å². The van der Waals surface area contributed by atoms with Gasteiger partial charge in [0.25, 0.3) is 0 Å². The Morgan fingerprint density at radius 2 is 1.82 bits per heavy atom. The third-order valence-electron chi connectivity index (χ3n) is 4.79. The molecule has 1 aromatic heterocycles. The van der Waals surface area contributed by atoms with Crippen molar-refractivity contribution < 1.29 is 9.53 Å². The number of fused-ring (bicyclic) bond motifs is 1. The van der Waals surface area contributed by atoms with Crippen LogP contribution in [-0.2, 0) is 13.0 Å². The fraction of sp³-hybridized carbons (Fsp3) is 0.273. The smallest absolute Gasteiger partial charge is 0.323 e. The SMILES string of the molecule is CCOc1ccccc1NC(=O)Nc1ccccc1-c1cn2c(n1)CCCC2. The van der Waals surface area contributed by atoms with E-state index >= 15 is 0 Å². The van der Waals surface area contributed by atoms with Crippen molar-refractivity contribution in [1.82, 2.24) is 9.55 Å². The Labute approximate surface area is 164 Å². The molecule has 0 atom stereocenters. The predicted octanol–water partition coefficient (Wildman–Crippen LogP) is 4.93. The average molecular weight is 376 g/mol. The first kappa shape index (κ1) is 18.1. The van der Waals surface area contributed by atoms with Crippen LogP contribution in [-0.4, -0.2) is 22.2 Å². The lowest BCUT2D eigenvalue weighted by Crippen LogP contribution is -2.20. The number of hydrogen-bond acceptors (Lipinski definition) is 3. The van der Waals surface area contributed by atoms with E-state index in [-0.39, 0.29) is 6.03 Å².